The van der Waals surface area contributed by atoms with Crippen LogP contribution in [0, 0.1) is 0 Å². The van der Waals surface area contributed by atoms with Crippen molar-refractivity contribution in [3.8, 4) is 0 Å². The normalized spacial score (nSPS) is 10.5. The van der Waals surface area contributed by atoms with E-state index in [0.717, 1.165) is 0 Å². The Morgan fingerprint density at radius 1 is 1.46 bits per heavy atom. The molecule has 0 bridgehead atoms. The molecule has 0 heterocycles. The van der Waals surface area contributed by atoms with Gasteiger partial charge in [0.05, 0.1) is 0 Å². The number of nitrogens with two attached hydrogens (primary N) is 2. The smallest absolute Gasteiger partial charge is 0.320 e. The Hall–Kier alpha value is -1.63. The van der Waals surface area contributed by atoms with E-state index in [-0.39, 0.29) is 19.3 Å². The van der Waals surface area contributed by atoms with Gasteiger partial charge in [0.2, 0.25) is 5.91 Å². The van der Waals surface area contributed by atoms with Crippen LogP contribution in [0.4, 0.5) is 0 Å². The lowest BCUT2D eigenvalue weighted by atomic mass is 10.2. The van der Waals surface area contributed by atoms with E-state index in [4.69, 9.17) is 26.5 Å². The Kier molecular flexibility index (Phi) is 9.07. The van der Waals surface area contributed by atoms with Crippen LogP contribution in [0.3, 0.4) is 0 Å². The van der Waals surface area contributed by atoms with Crippen LogP contribution in [0.1, 0.15) is 12.8 Å². The number of carbonyl (C=O) groups excluding carboxylic acids is 1. The molecule has 0 saturated carbocycles. The number of hydrogen-bond donors (Lipinski definition) is 4. The fourth-order valence-corrected chi connectivity index (χ4v) is 0.421. The lowest BCUT2D eigenvalue weighted by Crippen LogP contribution is -2.31. The first-order valence-electron chi connectivity index (χ1n) is 3.30. The molecule has 0 saturated heterocycles. The summed E-state index contributed by atoms with van der Waals surface area (Å²) in [7, 11) is 0. The van der Waals surface area contributed by atoms with E-state index in [1.807, 2.05) is 0 Å². The zero-order valence-electron chi connectivity index (χ0n) is 6.84. The first-order valence-corrected chi connectivity index (χ1v) is 3.30. The second kappa shape index (κ2) is 8.47. The van der Waals surface area contributed by atoms with Gasteiger partial charge in [0.1, 0.15) is 6.04 Å². The predicted octanol–water partition coefficient (Wildman–Crippen LogP) is -1.64. The number of primary amides is 1. The summed E-state index contributed by atoms with van der Waals surface area (Å²) in [5, 5.41) is 15.1. The Morgan fingerprint density at radius 3 is 2.08 bits per heavy atom. The molecule has 0 aromatic heterocycles. The molecule has 0 radical (unpaired) electrons. The van der Waals surface area contributed by atoms with Gasteiger partial charge in [0.25, 0.3) is 6.47 Å². The van der Waals surface area contributed by atoms with Crippen LogP contribution in [0.2, 0.25) is 0 Å². The van der Waals surface area contributed by atoms with Crippen molar-refractivity contribution in [2.24, 2.45) is 11.5 Å². The predicted molar refractivity (Wildman–Crippen MR) is 42.7 cm³/mol. The standard InChI is InChI=1S/C5H10N2O3.CH2O2/c6-3(5(9)10)1-2-4(7)8;2-1-3/h3H,1-2,6H2,(H2,7,8)(H,9,10);1H,(H,2,3)/t3-;/m0./s1. The fraction of sp³-hybridized carbons (Fsp3) is 0.500. The Labute approximate surface area is 74.3 Å². The molecule has 0 aliphatic rings. The zero-order valence-corrected chi connectivity index (χ0v) is 6.84. The summed E-state index contributed by atoms with van der Waals surface area (Å²) in [4.78, 5) is 28.5. The van der Waals surface area contributed by atoms with Crippen LogP contribution in [0.5, 0.6) is 0 Å². The summed E-state index contributed by atoms with van der Waals surface area (Å²) in [6.45, 7) is -0.250. The molecule has 6 N–H and O–H groups in total. The van der Waals surface area contributed by atoms with Crippen LogP contribution in [0.15, 0.2) is 0 Å². The van der Waals surface area contributed by atoms with Gasteiger partial charge in [-0.25, -0.2) is 0 Å². The van der Waals surface area contributed by atoms with E-state index in [9.17, 15) is 9.59 Å². The van der Waals surface area contributed by atoms with Crippen molar-refractivity contribution < 1.29 is 24.6 Å². The van der Waals surface area contributed by atoms with Gasteiger partial charge in [-0.3, -0.25) is 14.4 Å². The SMILES string of the molecule is NC(=O)CC[C@H](N)C(=O)O.O=CO. The van der Waals surface area contributed by atoms with Crippen LogP contribution >= 0.6 is 0 Å². The van der Waals surface area contributed by atoms with E-state index in [1.165, 1.54) is 0 Å². The molecular formula is C6H12N2O5. The van der Waals surface area contributed by atoms with E-state index in [2.05, 4.69) is 0 Å². The molecule has 0 aliphatic carbocycles. The largest absolute Gasteiger partial charge is 0.483 e. The summed E-state index contributed by atoms with van der Waals surface area (Å²) in [5.74, 6) is -1.64. The van der Waals surface area contributed by atoms with Gasteiger partial charge in [-0.05, 0) is 6.42 Å². The maximum Gasteiger partial charge on any atom is 0.320 e. The zero-order chi connectivity index (χ0) is 10.9. The highest BCUT2D eigenvalue weighted by molar-refractivity contribution is 5.76. The summed E-state index contributed by atoms with van der Waals surface area (Å²) >= 11 is 0. The van der Waals surface area contributed by atoms with Crippen molar-refractivity contribution in [2.75, 3.05) is 0 Å². The number of amides is 1. The third-order valence-electron chi connectivity index (χ3n) is 1.02. The average molecular weight is 192 g/mol. The van der Waals surface area contributed by atoms with Crippen molar-refractivity contribution in [1.29, 1.82) is 0 Å². The topological polar surface area (TPSA) is 144 Å². The van der Waals surface area contributed by atoms with Gasteiger partial charge in [-0.2, -0.15) is 0 Å². The fourth-order valence-electron chi connectivity index (χ4n) is 0.421. The van der Waals surface area contributed by atoms with Gasteiger partial charge >= 0.3 is 5.97 Å². The number of rotatable bonds is 4. The van der Waals surface area contributed by atoms with Crippen LogP contribution in [-0.2, 0) is 14.4 Å². The summed E-state index contributed by atoms with van der Waals surface area (Å²) < 4.78 is 0. The average Bonchev–Trinajstić information content (AvgIpc) is 2.01. The van der Waals surface area contributed by atoms with Crippen molar-refractivity contribution in [3.05, 3.63) is 0 Å². The molecule has 0 aromatic rings. The lowest BCUT2D eigenvalue weighted by molar-refractivity contribution is -0.138. The highest BCUT2D eigenvalue weighted by atomic mass is 16.4. The molecule has 1 atom stereocenters. The first-order chi connectivity index (χ1) is 5.95. The summed E-state index contributed by atoms with van der Waals surface area (Å²) in [6.07, 6.45) is 0.123. The van der Waals surface area contributed by atoms with Gasteiger partial charge in [-0.15, -0.1) is 0 Å². The molecule has 0 aliphatic heterocycles. The van der Waals surface area contributed by atoms with Crippen LogP contribution in [-0.4, -0.2) is 34.6 Å². The van der Waals surface area contributed by atoms with E-state index >= 15 is 0 Å². The quantitative estimate of drug-likeness (QED) is 0.393. The number of aliphatic carboxylic acids is 1. The van der Waals surface area contributed by atoms with E-state index in [1.54, 1.807) is 0 Å². The second-order valence-corrected chi connectivity index (χ2v) is 2.06. The molecule has 0 fully saturated rings. The molecule has 0 rings (SSSR count). The minimum Gasteiger partial charge on any atom is -0.483 e. The highest BCUT2D eigenvalue weighted by Crippen LogP contribution is 1.92. The van der Waals surface area contributed by atoms with Gasteiger partial charge in [0, 0.05) is 6.42 Å². The molecule has 76 valence electrons. The van der Waals surface area contributed by atoms with Crippen molar-refractivity contribution in [1.82, 2.24) is 0 Å². The number of carboxylic acids is 1. The van der Waals surface area contributed by atoms with Gasteiger partial charge in [-0.1, -0.05) is 0 Å². The molecule has 0 unspecified atom stereocenters. The Balaban J connectivity index is 0. The lowest BCUT2D eigenvalue weighted by Gasteiger charge is -2.01. The molecule has 7 nitrogen and oxygen atoms in total. The number of hydrogen-bond acceptors (Lipinski definition) is 4. The van der Waals surface area contributed by atoms with E-state index < -0.39 is 17.9 Å². The maximum absolute atomic E-state index is 10.1. The molecule has 1 amide bonds. The number of carbonyl (C=O) groups is 3. The van der Waals surface area contributed by atoms with Crippen molar-refractivity contribution in [3.63, 3.8) is 0 Å². The summed E-state index contributed by atoms with van der Waals surface area (Å²) in [5.41, 5.74) is 9.81. The third kappa shape index (κ3) is 13.4. The second-order valence-electron chi connectivity index (χ2n) is 2.06. The van der Waals surface area contributed by atoms with Crippen LogP contribution in [0.25, 0.3) is 0 Å². The van der Waals surface area contributed by atoms with E-state index in [0.29, 0.717) is 0 Å². The van der Waals surface area contributed by atoms with Crippen molar-refractivity contribution in [2.45, 2.75) is 18.9 Å². The molecule has 0 spiro atoms. The minimum absolute atomic E-state index is 0.0213. The summed E-state index contributed by atoms with van der Waals surface area (Å²) in [6, 6.07) is -0.979. The Morgan fingerprint density at radius 2 is 1.85 bits per heavy atom. The van der Waals surface area contributed by atoms with Crippen LogP contribution < -0.4 is 11.5 Å². The Bertz CT molecular complexity index is 182. The van der Waals surface area contributed by atoms with Gasteiger partial charge < -0.3 is 21.7 Å². The molecule has 13 heavy (non-hydrogen) atoms. The minimum atomic E-state index is -1.11. The number of carboxylic acid groups (broad SMARTS) is 2. The van der Waals surface area contributed by atoms with Crippen molar-refractivity contribution >= 4 is 18.3 Å². The molecule has 7 heteroatoms. The van der Waals surface area contributed by atoms with Gasteiger partial charge in [0.15, 0.2) is 0 Å². The monoisotopic (exact) mass is 192 g/mol. The molecule has 0 aromatic carbocycles. The maximum atomic E-state index is 10.1. The molecular weight excluding hydrogens is 180 g/mol. The third-order valence-corrected chi connectivity index (χ3v) is 1.02. The first kappa shape index (κ1) is 13.9. The highest BCUT2D eigenvalue weighted by Gasteiger charge is 2.11.